The Morgan fingerprint density at radius 1 is 0.667 bits per heavy atom. The molecule has 1 saturated carbocycles. The molecule has 214 valence electrons. The van der Waals surface area contributed by atoms with Crippen molar-refractivity contribution < 1.29 is 0 Å². The van der Waals surface area contributed by atoms with Gasteiger partial charge in [0.25, 0.3) is 0 Å². The van der Waals surface area contributed by atoms with Crippen LogP contribution in [0.5, 0.6) is 0 Å². The van der Waals surface area contributed by atoms with E-state index in [9.17, 15) is 0 Å². The lowest BCUT2D eigenvalue weighted by Crippen LogP contribution is -2.57. The van der Waals surface area contributed by atoms with Gasteiger partial charge in [-0.1, -0.05) is 125 Å². The molecule has 1 aliphatic carbocycles. The van der Waals surface area contributed by atoms with Gasteiger partial charge in [-0.05, 0) is 94.5 Å². The second-order valence-corrected chi connectivity index (χ2v) is 14.5. The fourth-order valence-corrected chi connectivity index (χ4v) is 8.28. The van der Waals surface area contributed by atoms with Crippen molar-refractivity contribution in [3.8, 4) is 0 Å². The Labute approximate surface area is 229 Å². The first kappa shape index (κ1) is 32.2. The van der Waals surface area contributed by atoms with Gasteiger partial charge in [0.15, 0.2) is 0 Å². The van der Waals surface area contributed by atoms with Crippen LogP contribution in [0.3, 0.4) is 0 Å². The zero-order valence-corrected chi connectivity index (χ0v) is 26.4. The third-order valence-corrected chi connectivity index (χ3v) is 12.0. The monoisotopic (exact) mass is 504 g/mol. The summed E-state index contributed by atoms with van der Waals surface area (Å²) in [4.78, 5) is 2.89. The van der Waals surface area contributed by atoms with E-state index < -0.39 is 0 Å². The van der Waals surface area contributed by atoms with E-state index in [1.165, 1.54) is 154 Å². The SMILES string of the molecule is CCCCCC(C)(CC)CCCCC1(C2(C)CCCCCCCN2C)CCCCC(C)(CC)CCC1. The largest absolute Gasteiger partial charge is 0.300 e. The van der Waals surface area contributed by atoms with Crippen LogP contribution in [0.2, 0.25) is 0 Å². The molecule has 2 aliphatic rings. The van der Waals surface area contributed by atoms with Gasteiger partial charge in [0.1, 0.15) is 0 Å². The molecule has 0 N–H and O–H groups in total. The standard InChI is InChI=1S/C35H69N/c1-8-11-15-23-32(4,9-2)24-17-19-28-35(29-20-18-25-33(5,10-3)26-22-30-35)34(6)27-16-13-12-14-21-31-36(34)7/h8-31H2,1-7H3. The third kappa shape index (κ3) is 9.02. The van der Waals surface area contributed by atoms with Gasteiger partial charge in [0.2, 0.25) is 0 Å². The van der Waals surface area contributed by atoms with E-state index in [2.05, 4.69) is 53.5 Å². The van der Waals surface area contributed by atoms with Gasteiger partial charge in [-0.2, -0.15) is 0 Å². The molecule has 2 fully saturated rings. The molecule has 4 unspecified atom stereocenters. The lowest BCUT2D eigenvalue weighted by Gasteiger charge is -2.55. The number of rotatable bonds is 12. The molecule has 2 rings (SSSR count). The molecule has 0 bridgehead atoms. The molecule has 0 aromatic rings. The predicted octanol–water partition coefficient (Wildman–Crippen LogP) is 11.7. The minimum atomic E-state index is 0.374. The predicted molar refractivity (Wildman–Crippen MR) is 163 cm³/mol. The Kier molecular flexibility index (Phi) is 13.9. The molecule has 0 radical (unpaired) electrons. The number of nitrogens with zero attached hydrogens (tertiary/aromatic N) is 1. The van der Waals surface area contributed by atoms with E-state index in [1.54, 1.807) is 0 Å². The number of hydrogen-bond donors (Lipinski definition) is 0. The van der Waals surface area contributed by atoms with Crippen LogP contribution in [0.15, 0.2) is 0 Å². The van der Waals surface area contributed by atoms with Gasteiger partial charge < -0.3 is 4.90 Å². The normalized spacial score (nSPS) is 33.4. The molecule has 1 nitrogen and oxygen atoms in total. The van der Waals surface area contributed by atoms with Crippen LogP contribution < -0.4 is 0 Å². The molecular weight excluding hydrogens is 434 g/mol. The van der Waals surface area contributed by atoms with Crippen molar-refractivity contribution in [2.24, 2.45) is 16.2 Å². The summed E-state index contributed by atoms with van der Waals surface area (Å²) in [5, 5.41) is 0. The van der Waals surface area contributed by atoms with Gasteiger partial charge >= 0.3 is 0 Å². The van der Waals surface area contributed by atoms with E-state index in [4.69, 9.17) is 0 Å². The van der Waals surface area contributed by atoms with Crippen molar-refractivity contribution in [2.75, 3.05) is 13.6 Å². The smallest absolute Gasteiger partial charge is 0.0234 e. The molecule has 0 spiro atoms. The topological polar surface area (TPSA) is 3.24 Å². The molecule has 1 heteroatoms. The van der Waals surface area contributed by atoms with Crippen LogP contribution in [-0.2, 0) is 0 Å². The minimum absolute atomic E-state index is 0.374. The summed E-state index contributed by atoms with van der Waals surface area (Å²) in [6.45, 7) is 16.5. The lowest BCUT2D eigenvalue weighted by molar-refractivity contribution is -0.0395. The molecule has 1 saturated heterocycles. The summed E-state index contributed by atoms with van der Waals surface area (Å²) < 4.78 is 0. The highest BCUT2D eigenvalue weighted by Gasteiger charge is 2.49. The molecule has 0 aromatic heterocycles. The second kappa shape index (κ2) is 15.5. The first-order valence-electron chi connectivity index (χ1n) is 16.9. The fraction of sp³-hybridized carbons (Fsp3) is 1.00. The number of hydrogen-bond acceptors (Lipinski definition) is 1. The Balaban J connectivity index is 2.21. The van der Waals surface area contributed by atoms with Crippen molar-refractivity contribution in [3.63, 3.8) is 0 Å². The molecule has 1 heterocycles. The molecule has 1 aliphatic heterocycles. The Hall–Kier alpha value is -0.0400. The summed E-state index contributed by atoms with van der Waals surface area (Å²) in [6, 6.07) is 0. The van der Waals surface area contributed by atoms with Gasteiger partial charge in [0.05, 0.1) is 0 Å². The highest BCUT2D eigenvalue weighted by Crippen LogP contribution is 2.53. The van der Waals surface area contributed by atoms with Gasteiger partial charge in [-0.3, -0.25) is 0 Å². The van der Waals surface area contributed by atoms with Gasteiger partial charge in [-0.25, -0.2) is 0 Å². The van der Waals surface area contributed by atoms with Crippen molar-refractivity contribution in [1.29, 1.82) is 0 Å². The summed E-state index contributed by atoms with van der Waals surface area (Å²) in [6.07, 6.45) is 33.1. The summed E-state index contributed by atoms with van der Waals surface area (Å²) >= 11 is 0. The van der Waals surface area contributed by atoms with E-state index in [0.717, 1.165) is 0 Å². The maximum atomic E-state index is 2.89. The molecular formula is C35H69N. The first-order chi connectivity index (χ1) is 17.2. The number of unbranched alkanes of at least 4 members (excludes halogenated alkanes) is 3. The molecule has 0 amide bonds. The highest BCUT2D eigenvalue weighted by molar-refractivity contribution is 5.03. The van der Waals surface area contributed by atoms with Crippen molar-refractivity contribution >= 4 is 0 Å². The Morgan fingerprint density at radius 2 is 1.25 bits per heavy atom. The zero-order chi connectivity index (χ0) is 26.5. The van der Waals surface area contributed by atoms with Crippen LogP contribution in [0.4, 0.5) is 0 Å². The van der Waals surface area contributed by atoms with Crippen molar-refractivity contribution in [2.45, 2.75) is 195 Å². The second-order valence-electron chi connectivity index (χ2n) is 14.5. The highest BCUT2D eigenvalue weighted by atomic mass is 15.2. The van der Waals surface area contributed by atoms with E-state index in [-0.39, 0.29) is 0 Å². The van der Waals surface area contributed by atoms with Crippen LogP contribution in [-0.4, -0.2) is 24.0 Å². The van der Waals surface area contributed by atoms with Crippen LogP contribution in [0.25, 0.3) is 0 Å². The Morgan fingerprint density at radius 3 is 1.94 bits per heavy atom. The average Bonchev–Trinajstić information content (AvgIpc) is 3.01. The van der Waals surface area contributed by atoms with Crippen LogP contribution in [0.1, 0.15) is 189 Å². The van der Waals surface area contributed by atoms with Crippen molar-refractivity contribution in [1.82, 2.24) is 4.90 Å². The van der Waals surface area contributed by atoms with Gasteiger partial charge in [0, 0.05) is 5.54 Å². The molecule has 0 aromatic carbocycles. The Bertz CT molecular complexity index is 585. The van der Waals surface area contributed by atoms with Crippen LogP contribution in [0, 0.1) is 16.2 Å². The lowest BCUT2D eigenvalue weighted by atomic mass is 9.59. The molecule has 36 heavy (non-hydrogen) atoms. The fourth-order valence-electron chi connectivity index (χ4n) is 8.28. The maximum Gasteiger partial charge on any atom is 0.0234 e. The van der Waals surface area contributed by atoms with E-state index in [1.807, 2.05) is 0 Å². The quantitative estimate of drug-likeness (QED) is 0.239. The summed E-state index contributed by atoms with van der Waals surface area (Å²) in [7, 11) is 2.51. The van der Waals surface area contributed by atoms with Crippen molar-refractivity contribution in [3.05, 3.63) is 0 Å². The van der Waals surface area contributed by atoms with E-state index >= 15 is 0 Å². The van der Waals surface area contributed by atoms with E-state index in [0.29, 0.717) is 21.8 Å². The summed E-state index contributed by atoms with van der Waals surface area (Å²) in [5.41, 5.74) is 2.04. The minimum Gasteiger partial charge on any atom is -0.300 e. The third-order valence-electron chi connectivity index (χ3n) is 12.0. The van der Waals surface area contributed by atoms with Gasteiger partial charge in [-0.15, -0.1) is 0 Å². The first-order valence-corrected chi connectivity index (χ1v) is 16.9. The maximum absolute atomic E-state index is 2.89. The van der Waals surface area contributed by atoms with Crippen LogP contribution >= 0.6 is 0 Å². The summed E-state index contributed by atoms with van der Waals surface area (Å²) in [5.74, 6) is 0. The molecule has 4 atom stereocenters. The zero-order valence-electron chi connectivity index (χ0n) is 26.4. The average molecular weight is 504 g/mol.